The molecule has 53 heavy (non-hydrogen) atoms. The Labute approximate surface area is 310 Å². The van der Waals surface area contributed by atoms with Gasteiger partial charge in [-0.1, -0.05) is 12.6 Å². The van der Waals surface area contributed by atoms with Gasteiger partial charge >= 0.3 is 17.9 Å². The number of nitrogens with one attached hydrogen (secondary N) is 1. The minimum absolute atomic E-state index is 0.113. The first kappa shape index (κ1) is 42.1. The highest BCUT2D eigenvalue weighted by molar-refractivity contribution is 6.38. The lowest BCUT2D eigenvalue weighted by Gasteiger charge is -2.36. The number of esters is 3. The number of anilines is 1. The highest BCUT2D eigenvalue weighted by Gasteiger charge is 2.42. The lowest BCUT2D eigenvalue weighted by atomic mass is 9.87. The van der Waals surface area contributed by atoms with Gasteiger partial charge in [0.25, 0.3) is 5.91 Å². The normalized spacial score (nSPS) is 15.0. The second-order valence-corrected chi connectivity index (χ2v) is 14.3. The second-order valence-electron chi connectivity index (χ2n) is 14.3. The molecule has 1 saturated heterocycles. The van der Waals surface area contributed by atoms with E-state index in [9.17, 15) is 28.8 Å². The Hall–Kier alpha value is -5.27. The summed E-state index contributed by atoms with van der Waals surface area (Å²) in [5, 5.41) is 2.74. The van der Waals surface area contributed by atoms with Crippen LogP contribution in [0.1, 0.15) is 90.4 Å². The van der Waals surface area contributed by atoms with E-state index in [1.807, 2.05) is 12.1 Å². The molecule has 0 radical (unpaired) electrons. The molecule has 2 amide bonds. The number of nitrogens with zero attached hydrogens (tertiary/aromatic N) is 2. The fourth-order valence-electron chi connectivity index (χ4n) is 5.60. The average Bonchev–Trinajstić information content (AvgIpc) is 3.13. The number of methoxy groups -OCH3 is 2. The van der Waals surface area contributed by atoms with E-state index in [-0.39, 0.29) is 38.8 Å². The van der Waals surface area contributed by atoms with Crippen molar-refractivity contribution in [2.75, 3.05) is 32.7 Å². The Morgan fingerprint density at radius 2 is 1.70 bits per heavy atom. The van der Waals surface area contributed by atoms with Gasteiger partial charge in [-0.3, -0.25) is 24.2 Å². The lowest BCUT2D eigenvalue weighted by molar-refractivity contribution is -0.165. The number of pyridine rings is 1. The molecule has 2 heterocycles. The number of carbonyl (C=O) groups excluding carboxylic acids is 6. The maximum atomic E-state index is 14.0. The zero-order valence-corrected chi connectivity index (χ0v) is 31.7. The van der Waals surface area contributed by atoms with Crippen LogP contribution < -0.4 is 14.8 Å². The van der Waals surface area contributed by atoms with Crippen molar-refractivity contribution in [3.63, 3.8) is 0 Å². The van der Waals surface area contributed by atoms with Crippen LogP contribution >= 0.6 is 0 Å². The standard InChI is InChI=1S/C39H51N3O11/c1-9-33(44)51-24-39(5,6)35(46)36(47)42-19-11-10-12-28(42)37(48)52-29(15-13-25-14-16-30(49-7)31(20-25)50-8)26-21-27(23-40-22-26)41-32(43)17-18-34(45)53-38(2,3)4/h9,14,16,20-23,28-29H,1,10-13,15,17-19,24H2,2-8H3,(H,41,43)/t28-,29+/m0/s1. The van der Waals surface area contributed by atoms with Crippen molar-refractivity contribution in [2.45, 2.75) is 97.3 Å². The third kappa shape index (κ3) is 12.7. The van der Waals surface area contributed by atoms with Crippen LogP contribution in [-0.4, -0.2) is 84.4 Å². The molecule has 1 aromatic heterocycles. The zero-order chi connectivity index (χ0) is 39.3. The predicted octanol–water partition coefficient (Wildman–Crippen LogP) is 5.08. The van der Waals surface area contributed by atoms with Crippen molar-refractivity contribution in [1.29, 1.82) is 0 Å². The fraction of sp³-hybridized carbons (Fsp3) is 0.513. The molecule has 0 bridgehead atoms. The number of rotatable bonds is 17. The lowest BCUT2D eigenvalue weighted by Crippen LogP contribution is -2.53. The molecular weight excluding hydrogens is 686 g/mol. The Morgan fingerprint density at radius 1 is 0.981 bits per heavy atom. The Balaban J connectivity index is 1.84. The summed E-state index contributed by atoms with van der Waals surface area (Å²) in [4.78, 5) is 82.9. The molecule has 0 spiro atoms. The van der Waals surface area contributed by atoms with Crippen molar-refractivity contribution in [3.8, 4) is 11.5 Å². The number of ketones is 1. The van der Waals surface area contributed by atoms with Gasteiger partial charge in [-0.25, -0.2) is 9.59 Å². The van der Waals surface area contributed by atoms with Crippen LogP contribution in [0.15, 0.2) is 49.3 Å². The zero-order valence-electron chi connectivity index (χ0n) is 31.7. The largest absolute Gasteiger partial charge is 0.493 e. The molecule has 2 atom stereocenters. The summed E-state index contributed by atoms with van der Waals surface area (Å²) in [7, 11) is 3.07. The minimum atomic E-state index is -1.35. The van der Waals surface area contributed by atoms with E-state index in [4.69, 9.17) is 23.7 Å². The Kier molecular flexibility index (Phi) is 15.1. The SMILES string of the molecule is C=CC(=O)OCC(C)(C)C(=O)C(=O)N1CCCC[C@H]1C(=O)O[C@H](CCc1ccc(OC)c(OC)c1)c1cncc(NC(=O)CCC(=O)OC(C)(C)C)c1. The molecule has 14 heteroatoms. The molecule has 288 valence electrons. The van der Waals surface area contributed by atoms with E-state index in [2.05, 4.69) is 16.9 Å². The van der Waals surface area contributed by atoms with Crippen molar-refractivity contribution in [2.24, 2.45) is 5.41 Å². The average molecular weight is 738 g/mol. The molecule has 1 aliphatic heterocycles. The summed E-state index contributed by atoms with van der Waals surface area (Å²) in [6.07, 6.45) is 4.99. The van der Waals surface area contributed by atoms with Crippen LogP contribution in [0, 0.1) is 5.41 Å². The van der Waals surface area contributed by atoms with E-state index in [0.29, 0.717) is 42.0 Å². The molecule has 1 fully saturated rings. The van der Waals surface area contributed by atoms with Crippen LogP contribution in [0.25, 0.3) is 0 Å². The van der Waals surface area contributed by atoms with Crippen LogP contribution in [0.2, 0.25) is 0 Å². The van der Waals surface area contributed by atoms with Gasteiger partial charge in [-0.15, -0.1) is 0 Å². The van der Waals surface area contributed by atoms with Crippen LogP contribution in [0.5, 0.6) is 11.5 Å². The molecule has 0 saturated carbocycles. The predicted molar refractivity (Wildman–Crippen MR) is 194 cm³/mol. The summed E-state index contributed by atoms with van der Waals surface area (Å²) in [5.74, 6) is -2.96. The van der Waals surface area contributed by atoms with Gasteiger partial charge in [0.15, 0.2) is 11.5 Å². The molecule has 1 aliphatic rings. The van der Waals surface area contributed by atoms with Crippen molar-refractivity contribution in [1.82, 2.24) is 9.88 Å². The van der Waals surface area contributed by atoms with Gasteiger partial charge in [0.2, 0.25) is 11.7 Å². The van der Waals surface area contributed by atoms with Gasteiger partial charge in [-0.2, -0.15) is 0 Å². The van der Waals surface area contributed by atoms with E-state index in [1.54, 1.807) is 32.9 Å². The number of hydrogen-bond acceptors (Lipinski definition) is 12. The Morgan fingerprint density at radius 3 is 2.36 bits per heavy atom. The van der Waals surface area contributed by atoms with Crippen molar-refractivity contribution >= 4 is 41.2 Å². The van der Waals surface area contributed by atoms with E-state index in [1.165, 1.54) is 45.4 Å². The highest BCUT2D eigenvalue weighted by Crippen LogP contribution is 2.32. The van der Waals surface area contributed by atoms with E-state index < -0.39 is 58.7 Å². The van der Waals surface area contributed by atoms with Crippen LogP contribution in [0.3, 0.4) is 0 Å². The quantitative estimate of drug-likeness (QED) is 0.0988. The summed E-state index contributed by atoms with van der Waals surface area (Å²) in [6, 6.07) is 6.04. The van der Waals surface area contributed by atoms with Crippen molar-refractivity contribution < 1.29 is 52.5 Å². The van der Waals surface area contributed by atoms with E-state index in [0.717, 1.165) is 11.6 Å². The molecular formula is C39H51N3O11. The summed E-state index contributed by atoms with van der Waals surface area (Å²) in [5.41, 5.74) is -0.372. The number of hydrogen-bond donors (Lipinski definition) is 1. The summed E-state index contributed by atoms with van der Waals surface area (Å²) in [6.45, 7) is 11.4. The number of ether oxygens (including phenoxy) is 5. The number of aryl methyl sites for hydroxylation is 1. The first-order valence-electron chi connectivity index (χ1n) is 17.5. The molecule has 14 nitrogen and oxygen atoms in total. The third-order valence-electron chi connectivity index (χ3n) is 8.38. The summed E-state index contributed by atoms with van der Waals surface area (Å²) >= 11 is 0. The van der Waals surface area contributed by atoms with Crippen molar-refractivity contribution in [3.05, 3.63) is 60.4 Å². The topological polar surface area (TPSA) is 177 Å². The van der Waals surface area contributed by atoms with E-state index >= 15 is 0 Å². The molecule has 0 unspecified atom stereocenters. The minimum Gasteiger partial charge on any atom is -0.493 e. The number of aromatic nitrogens is 1. The highest BCUT2D eigenvalue weighted by atomic mass is 16.6. The number of likely N-dealkylation sites (tertiary alicyclic amines) is 1. The number of benzene rings is 1. The first-order valence-corrected chi connectivity index (χ1v) is 17.5. The number of piperidine rings is 1. The van der Waals surface area contributed by atoms with Crippen LogP contribution in [0.4, 0.5) is 5.69 Å². The smallest absolute Gasteiger partial charge is 0.330 e. The Bertz CT molecular complexity index is 1660. The fourth-order valence-corrected chi connectivity index (χ4v) is 5.60. The maximum absolute atomic E-state index is 14.0. The third-order valence-corrected chi connectivity index (χ3v) is 8.38. The van der Waals surface area contributed by atoms with Crippen LogP contribution in [-0.2, 0) is 49.4 Å². The maximum Gasteiger partial charge on any atom is 0.330 e. The summed E-state index contributed by atoms with van der Waals surface area (Å²) < 4.78 is 27.3. The molecule has 2 aromatic rings. The van der Waals surface area contributed by atoms with Gasteiger partial charge in [0.05, 0.1) is 37.9 Å². The number of amides is 2. The molecule has 1 aromatic carbocycles. The van der Waals surface area contributed by atoms with Gasteiger partial charge in [0, 0.05) is 30.8 Å². The number of carbonyl (C=O) groups is 6. The first-order chi connectivity index (χ1) is 25.0. The molecule has 3 rings (SSSR count). The van der Waals surface area contributed by atoms with Gasteiger partial charge in [0.1, 0.15) is 24.4 Å². The molecule has 0 aliphatic carbocycles. The molecule has 1 N–H and O–H groups in total. The second kappa shape index (κ2) is 19.0. The van der Waals surface area contributed by atoms with Gasteiger partial charge in [-0.05, 0) is 90.5 Å². The monoisotopic (exact) mass is 737 g/mol. The number of Topliss-reactive ketones (excluding diaryl/α,β-unsaturated/α-hetero) is 1. The van der Waals surface area contributed by atoms with Gasteiger partial charge < -0.3 is 33.9 Å².